The first-order valence-corrected chi connectivity index (χ1v) is 13.5. The van der Waals surface area contributed by atoms with E-state index in [9.17, 15) is 15.0 Å². The number of amides is 1. The summed E-state index contributed by atoms with van der Waals surface area (Å²) in [5, 5.41) is 23.7. The van der Waals surface area contributed by atoms with E-state index in [4.69, 9.17) is 5.73 Å². The first-order valence-electron chi connectivity index (χ1n) is 13.5. The maximum atomic E-state index is 12.5. The summed E-state index contributed by atoms with van der Waals surface area (Å²) >= 11 is 0. The molecule has 3 aliphatic carbocycles. The highest BCUT2D eigenvalue weighted by molar-refractivity contribution is 5.99. The Labute approximate surface area is 231 Å². The number of aliphatic hydroxyl groups excluding tert-OH is 1. The van der Waals surface area contributed by atoms with Gasteiger partial charge in [-0.15, -0.1) is 0 Å². The SMILES string of the molecule is C=C1C2=C(O)[C@]3(C)C(=C)C(C(N)=O)=C(C)[C@@H](C)[C@]3(C)C[C@]2(C)Cc2c(C)cc(C#Cc3ccccc3)c(O)c21. The lowest BCUT2D eigenvalue weighted by Gasteiger charge is -2.62. The van der Waals surface area contributed by atoms with E-state index < -0.39 is 22.2 Å². The summed E-state index contributed by atoms with van der Waals surface area (Å²) in [5.74, 6) is 5.97. The van der Waals surface area contributed by atoms with Crippen LogP contribution < -0.4 is 5.73 Å². The number of primary amides is 1. The summed E-state index contributed by atoms with van der Waals surface area (Å²) in [6, 6.07) is 11.6. The second-order valence-corrected chi connectivity index (χ2v) is 12.3. The van der Waals surface area contributed by atoms with Crippen LogP contribution in [0.1, 0.15) is 68.9 Å². The van der Waals surface area contributed by atoms with Crippen molar-refractivity contribution < 1.29 is 15.0 Å². The van der Waals surface area contributed by atoms with Gasteiger partial charge < -0.3 is 15.9 Å². The Morgan fingerprint density at radius 2 is 1.72 bits per heavy atom. The Morgan fingerprint density at radius 3 is 2.33 bits per heavy atom. The van der Waals surface area contributed by atoms with Crippen LogP contribution in [0.3, 0.4) is 0 Å². The molecule has 0 heterocycles. The van der Waals surface area contributed by atoms with Crippen LogP contribution in [0, 0.1) is 40.9 Å². The van der Waals surface area contributed by atoms with E-state index in [1.54, 1.807) is 0 Å². The Morgan fingerprint density at radius 1 is 1.08 bits per heavy atom. The summed E-state index contributed by atoms with van der Waals surface area (Å²) in [6.45, 7) is 21.2. The number of phenolic OH excluding ortho intramolecular Hbond substituents is 1. The Kier molecular flexibility index (Phi) is 5.81. The zero-order valence-electron chi connectivity index (χ0n) is 23.7. The summed E-state index contributed by atoms with van der Waals surface area (Å²) < 4.78 is 0. The second-order valence-electron chi connectivity index (χ2n) is 12.3. The lowest BCUT2D eigenvalue weighted by Crippen LogP contribution is -2.56. The number of aromatic hydroxyl groups is 1. The maximum Gasteiger partial charge on any atom is 0.248 e. The van der Waals surface area contributed by atoms with Crippen LogP contribution in [0.15, 0.2) is 77.6 Å². The average Bonchev–Trinajstić information content (AvgIpc) is 2.87. The first kappa shape index (κ1) is 26.6. The number of hydrogen-bond acceptors (Lipinski definition) is 3. The molecule has 2 aromatic rings. The highest BCUT2D eigenvalue weighted by Gasteiger charge is 2.64. The third-order valence-electron chi connectivity index (χ3n) is 10.3. The van der Waals surface area contributed by atoms with Crippen LogP contribution in [-0.2, 0) is 11.2 Å². The van der Waals surface area contributed by atoms with Crippen molar-refractivity contribution in [1.29, 1.82) is 0 Å². The fraction of sp³-hybridized carbons (Fsp3) is 0.343. The zero-order valence-corrected chi connectivity index (χ0v) is 23.7. The normalized spacial score (nSPS) is 29.7. The molecule has 1 amide bonds. The standard InChI is InChI=1S/C35H37NO3/c1-19-16-25(15-14-24-12-10-9-11-13-24)30(37)28-21(3)29-31(38)35(8)23(5)27(32(36)39)20(2)22(4)34(35,7)18-33(29,6)17-26(19)28/h9-13,16,22,37-38H,3,5,17-18H2,1-2,4,6-8H3,(H2,36,39)/t22-,33+,34+,35+/m1/s1. The number of allylic oxidation sites excluding steroid dienone is 4. The molecular weight excluding hydrogens is 482 g/mol. The fourth-order valence-corrected chi connectivity index (χ4v) is 7.81. The van der Waals surface area contributed by atoms with Gasteiger partial charge in [0.1, 0.15) is 11.5 Å². The van der Waals surface area contributed by atoms with E-state index in [0.717, 1.165) is 34.3 Å². The van der Waals surface area contributed by atoms with Gasteiger partial charge in [-0.3, -0.25) is 4.79 Å². The number of phenols is 1. The maximum absolute atomic E-state index is 12.5. The zero-order chi connectivity index (χ0) is 28.7. The second kappa shape index (κ2) is 8.52. The van der Waals surface area contributed by atoms with Gasteiger partial charge in [0.25, 0.3) is 0 Å². The molecule has 0 aromatic heterocycles. The molecule has 200 valence electrons. The van der Waals surface area contributed by atoms with Gasteiger partial charge in [0, 0.05) is 27.7 Å². The summed E-state index contributed by atoms with van der Waals surface area (Å²) in [5.41, 5.74) is 11.3. The van der Waals surface area contributed by atoms with E-state index in [-0.39, 0.29) is 17.4 Å². The molecule has 2 aromatic carbocycles. The Bertz CT molecular complexity index is 1610. The summed E-state index contributed by atoms with van der Waals surface area (Å²) in [6.07, 6.45) is 1.39. The van der Waals surface area contributed by atoms with Gasteiger partial charge in [-0.25, -0.2) is 0 Å². The molecule has 0 radical (unpaired) electrons. The van der Waals surface area contributed by atoms with Gasteiger partial charge >= 0.3 is 0 Å². The molecule has 0 saturated carbocycles. The molecule has 5 rings (SSSR count). The number of carbonyl (C=O) groups is 1. The number of rotatable bonds is 1. The molecule has 3 aliphatic rings. The van der Waals surface area contributed by atoms with Crippen LogP contribution in [0.5, 0.6) is 5.75 Å². The van der Waals surface area contributed by atoms with Crippen molar-refractivity contribution in [2.75, 3.05) is 0 Å². The third-order valence-corrected chi connectivity index (χ3v) is 10.3. The summed E-state index contributed by atoms with van der Waals surface area (Å²) in [7, 11) is 0. The number of aliphatic hydroxyl groups is 1. The molecule has 0 aliphatic heterocycles. The Hall–Kier alpha value is -3.97. The fourth-order valence-electron chi connectivity index (χ4n) is 7.81. The molecule has 0 fully saturated rings. The van der Waals surface area contributed by atoms with Crippen molar-refractivity contribution in [2.24, 2.45) is 27.9 Å². The molecule has 39 heavy (non-hydrogen) atoms. The van der Waals surface area contributed by atoms with Crippen LogP contribution >= 0.6 is 0 Å². The van der Waals surface area contributed by atoms with Crippen LogP contribution in [0.25, 0.3) is 5.57 Å². The van der Waals surface area contributed by atoms with E-state index in [1.165, 1.54) is 0 Å². The largest absolute Gasteiger partial charge is 0.511 e. The minimum atomic E-state index is -0.930. The number of aryl methyl sites for hydroxylation is 1. The van der Waals surface area contributed by atoms with Gasteiger partial charge in [0.05, 0.1) is 11.0 Å². The quantitative estimate of drug-likeness (QED) is 0.358. The van der Waals surface area contributed by atoms with Crippen molar-refractivity contribution in [1.82, 2.24) is 0 Å². The smallest absolute Gasteiger partial charge is 0.248 e. The van der Waals surface area contributed by atoms with Gasteiger partial charge in [-0.05, 0) is 85.4 Å². The van der Waals surface area contributed by atoms with E-state index in [2.05, 4.69) is 45.8 Å². The van der Waals surface area contributed by atoms with Crippen molar-refractivity contribution in [3.05, 3.63) is 105 Å². The van der Waals surface area contributed by atoms with Gasteiger partial charge in [0.2, 0.25) is 5.91 Å². The third kappa shape index (κ3) is 3.42. The van der Waals surface area contributed by atoms with Crippen LogP contribution in [-0.4, -0.2) is 16.1 Å². The average molecular weight is 520 g/mol. The predicted molar refractivity (Wildman–Crippen MR) is 157 cm³/mol. The minimum Gasteiger partial charge on any atom is -0.511 e. The van der Waals surface area contributed by atoms with Crippen molar-refractivity contribution in [3.8, 4) is 17.6 Å². The minimum absolute atomic E-state index is 0.0178. The molecule has 4 heteroatoms. The molecular formula is C35H37NO3. The van der Waals surface area contributed by atoms with Crippen molar-refractivity contribution >= 4 is 11.5 Å². The molecule has 4 atom stereocenters. The molecule has 0 unspecified atom stereocenters. The molecule has 4 N–H and O–H groups in total. The lowest BCUT2D eigenvalue weighted by atomic mass is 9.41. The lowest BCUT2D eigenvalue weighted by molar-refractivity contribution is -0.115. The Balaban J connectivity index is 1.73. The van der Waals surface area contributed by atoms with E-state index in [0.29, 0.717) is 34.3 Å². The highest BCUT2D eigenvalue weighted by Crippen LogP contribution is 2.71. The predicted octanol–water partition coefficient (Wildman–Crippen LogP) is 6.91. The molecule has 0 bridgehead atoms. The van der Waals surface area contributed by atoms with Crippen molar-refractivity contribution in [2.45, 2.75) is 54.4 Å². The molecule has 4 nitrogen and oxygen atoms in total. The van der Waals surface area contributed by atoms with Gasteiger partial charge in [0.15, 0.2) is 0 Å². The number of fused-ring (bicyclic) bond motifs is 3. The molecule has 0 spiro atoms. The number of nitrogens with two attached hydrogens (primary N) is 1. The number of benzene rings is 2. The topological polar surface area (TPSA) is 83.5 Å². The first-order chi connectivity index (χ1) is 18.2. The van der Waals surface area contributed by atoms with E-state index in [1.807, 2.05) is 57.2 Å². The van der Waals surface area contributed by atoms with E-state index >= 15 is 0 Å². The van der Waals surface area contributed by atoms with Gasteiger partial charge in [-0.2, -0.15) is 0 Å². The number of hydrogen-bond donors (Lipinski definition) is 3. The molecule has 0 saturated heterocycles. The van der Waals surface area contributed by atoms with Gasteiger partial charge in [-0.1, -0.05) is 69.5 Å². The van der Waals surface area contributed by atoms with Crippen LogP contribution in [0.4, 0.5) is 0 Å². The monoisotopic (exact) mass is 519 g/mol. The van der Waals surface area contributed by atoms with Crippen LogP contribution in [0.2, 0.25) is 0 Å². The number of carbonyl (C=O) groups excluding carboxylic acids is 1. The van der Waals surface area contributed by atoms with Crippen molar-refractivity contribution in [3.63, 3.8) is 0 Å². The highest BCUT2D eigenvalue weighted by atomic mass is 16.3. The summed E-state index contributed by atoms with van der Waals surface area (Å²) in [4.78, 5) is 12.5.